The zero-order valence-corrected chi connectivity index (χ0v) is 12.7. The average Bonchev–Trinajstić information content (AvgIpc) is 2.82. The van der Waals surface area contributed by atoms with Crippen molar-refractivity contribution in [3.63, 3.8) is 0 Å². The van der Waals surface area contributed by atoms with Crippen LogP contribution in [0.25, 0.3) is 0 Å². The third kappa shape index (κ3) is 4.45. The van der Waals surface area contributed by atoms with E-state index in [-0.39, 0.29) is 24.4 Å². The van der Waals surface area contributed by atoms with Gasteiger partial charge in [0.15, 0.2) is 0 Å². The molecule has 0 saturated carbocycles. The monoisotopic (exact) mass is 304 g/mol. The molecule has 1 atom stereocenters. The molecule has 6 heteroatoms. The van der Waals surface area contributed by atoms with Gasteiger partial charge < -0.3 is 15.8 Å². The molecule has 1 saturated heterocycles. The number of nitrogens with two attached hydrogens (primary N) is 1. The van der Waals surface area contributed by atoms with Gasteiger partial charge in [-0.2, -0.15) is 0 Å². The summed E-state index contributed by atoms with van der Waals surface area (Å²) >= 11 is 1.71. The minimum Gasteiger partial charge on any atom is -0.381 e. The van der Waals surface area contributed by atoms with Crippen molar-refractivity contribution in [2.45, 2.75) is 37.8 Å². The third-order valence-electron chi connectivity index (χ3n) is 3.30. The van der Waals surface area contributed by atoms with Gasteiger partial charge in [0.1, 0.15) is 0 Å². The van der Waals surface area contributed by atoms with Crippen molar-refractivity contribution in [3.05, 3.63) is 22.4 Å². The van der Waals surface area contributed by atoms with E-state index in [4.69, 9.17) is 10.5 Å². The number of hydrogen-bond acceptors (Lipinski definition) is 4. The molecule has 2 heterocycles. The first-order valence-corrected chi connectivity index (χ1v) is 7.18. The number of halogens is 1. The summed E-state index contributed by atoms with van der Waals surface area (Å²) < 4.78 is 5.25. The summed E-state index contributed by atoms with van der Waals surface area (Å²) in [6, 6.07) is 4.22. The Kier molecular flexibility index (Phi) is 6.26. The molecule has 3 N–H and O–H groups in total. The zero-order valence-electron chi connectivity index (χ0n) is 11.1. The van der Waals surface area contributed by atoms with Crippen LogP contribution in [-0.4, -0.2) is 30.7 Å². The Balaban J connectivity index is 0.00000180. The molecule has 1 aromatic rings. The number of rotatable bonds is 4. The van der Waals surface area contributed by atoms with Crippen LogP contribution < -0.4 is 11.1 Å². The molecule has 1 unspecified atom stereocenters. The first kappa shape index (κ1) is 16.4. The van der Waals surface area contributed by atoms with Crippen LogP contribution in [0.2, 0.25) is 0 Å². The Morgan fingerprint density at radius 1 is 1.58 bits per heavy atom. The van der Waals surface area contributed by atoms with Gasteiger partial charge in [0.2, 0.25) is 5.91 Å². The van der Waals surface area contributed by atoms with Crippen LogP contribution in [0.15, 0.2) is 17.5 Å². The molecule has 0 spiro atoms. The number of hydrogen-bond donors (Lipinski definition) is 2. The van der Waals surface area contributed by atoms with Gasteiger partial charge in [-0.15, -0.1) is 23.7 Å². The lowest BCUT2D eigenvalue weighted by Crippen LogP contribution is -2.58. The van der Waals surface area contributed by atoms with Crippen molar-refractivity contribution >= 4 is 29.7 Å². The van der Waals surface area contributed by atoms with Gasteiger partial charge >= 0.3 is 0 Å². The SMILES string of the molecule is CC(Cc1cccs1)NC(=O)C1(N)CCOCC1.Cl. The number of nitrogens with one attached hydrogen (secondary N) is 1. The molecule has 1 aliphatic rings. The van der Waals surface area contributed by atoms with Crippen molar-refractivity contribution in [2.75, 3.05) is 13.2 Å². The summed E-state index contributed by atoms with van der Waals surface area (Å²) in [5.74, 6) is -0.0464. The van der Waals surface area contributed by atoms with E-state index in [0.717, 1.165) is 6.42 Å². The maximum absolute atomic E-state index is 12.2. The Labute approximate surface area is 124 Å². The minimum atomic E-state index is -0.748. The molecular weight excluding hydrogens is 284 g/mol. The van der Waals surface area contributed by atoms with E-state index in [9.17, 15) is 4.79 Å². The van der Waals surface area contributed by atoms with Crippen LogP contribution in [-0.2, 0) is 16.0 Å². The minimum absolute atomic E-state index is 0. The molecule has 1 fully saturated rings. The first-order valence-electron chi connectivity index (χ1n) is 6.30. The van der Waals surface area contributed by atoms with Gasteiger partial charge in [0.05, 0.1) is 5.54 Å². The summed E-state index contributed by atoms with van der Waals surface area (Å²) in [5, 5.41) is 5.06. The highest BCUT2D eigenvalue weighted by atomic mass is 35.5. The Morgan fingerprint density at radius 3 is 2.84 bits per heavy atom. The molecular formula is C13H21ClN2O2S. The first-order chi connectivity index (χ1) is 8.60. The summed E-state index contributed by atoms with van der Waals surface area (Å²) in [6.07, 6.45) is 2.06. The lowest BCUT2D eigenvalue weighted by atomic mass is 9.90. The van der Waals surface area contributed by atoms with Gasteiger partial charge in [-0.25, -0.2) is 0 Å². The van der Waals surface area contributed by atoms with E-state index in [1.807, 2.05) is 18.4 Å². The summed E-state index contributed by atoms with van der Waals surface area (Å²) in [4.78, 5) is 13.4. The predicted octanol–water partition coefficient (Wildman–Crippen LogP) is 1.72. The maximum Gasteiger partial charge on any atom is 0.240 e. The highest BCUT2D eigenvalue weighted by Gasteiger charge is 2.36. The summed E-state index contributed by atoms with van der Waals surface area (Å²) in [7, 11) is 0. The van der Waals surface area contributed by atoms with Gasteiger partial charge in [-0.1, -0.05) is 6.07 Å². The smallest absolute Gasteiger partial charge is 0.240 e. The Bertz CT molecular complexity index is 391. The molecule has 19 heavy (non-hydrogen) atoms. The van der Waals surface area contributed by atoms with Gasteiger partial charge in [-0.3, -0.25) is 4.79 Å². The predicted molar refractivity (Wildman–Crippen MR) is 79.8 cm³/mol. The Morgan fingerprint density at radius 2 is 2.26 bits per heavy atom. The molecule has 108 valence electrons. The van der Waals surface area contributed by atoms with Crippen LogP contribution in [0.1, 0.15) is 24.6 Å². The van der Waals surface area contributed by atoms with E-state index in [0.29, 0.717) is 26.1 Å². The molecule has 1 amide bonds. The lowest BCUT2D eigenvalue weighted by Gasteiger charge is -2.32. The second-order valence-corrected chi connectivity index (χ2v) is 5.96. The second kappa shape index (κ2) is 7.24. The van der Waals surface area contributed by atoms with Crippen LogP contribution in [0.3, 0.4) is 0 Å². The highest BCUT2D eigenvalue weighted by molar-refractivity contribution is 7.09. The van der Waals surface area contributed by atoms with E-state index in [1.165, 1.54) is 4.88 Å². The quantitative estimate of drug-likeness (QED) is 0.890. The lowest BCUT2D eigenvalue weighted by molar-refractivity contribution is -0.130. The van der Waals surface area contributed by atoms with Crippen LogP contribution >= 0.6 is 23.7 Å². The molecule has 1 aliphatic heterocycles. The number of amides is 1. The number of carbonyl (C=O) groups excluding carboxylic acids is 1. The Hall–Kier alpha value is -0.620. The number of carbonyl (C=O) groups is 1. The van der Waals surface area contributed by atoms with Crippen molar-refractivity contribution in [1.82, 2.24) is 5.32 Å². The summed E-state index contributed by atoms with van der Waals surface area (Å²) in [5.41, 5.74) is 5.39. The standard InChI is InChI=1S/C13H20N2O2S.ClH/c1-10(9-11-3-2-8-18-11)15-12(16)13(14)4-6-17-7-5-13;/h2-3,8,10H,4-7,9,14H2,1H3,(H,15,16);1H. The van der Waals surface area contributed by atoms with Crippen LogP contribution in [0.5, 0.6) is 0 Å². The van der Waals surface area contributed by atoms with Gasteiger partial charge in [0.25, 0.3) is 0 Å². The molecule has 0 aromatic carbocycles. The van der Waals surface area contributed by atoms with Crippen LogP contribution in [0, 0.1) is 0 Å². The fraction of sp³-hybridized carbons (Fsp3) is 0.615. The van der Waals surface area contributed by atoms with E-state index in [1.54, 1.807) is 11.3 Å². The average molecular weight is 305 g/mol. The highest BCUT2D eigenvalue weighted by Crippen LogP contribution is 2.18. The molecule has 2 rings (SSSR count). The fourth-order valence-corrected chi connectivity index (χ4v) is 2.95. The molecule has 0 aliphatic carbocycles. The summed E-state index contributed by atoms with van der Waals surface area (Å²) in [6.45, 7) is 3.16. The molecule has 1 aromatic heterocycles. The van der Waals surface area contributed by atoms with E-state index in [2.05, 4.69) is 11.4 Å². The normalized spacial score (nSPS) is 19.3. The fourth-order valence-electron chi connectivity index (χ4n) is 2.11. The van der Waals surface area contributed by atoms with Crippen LogP contribution in [0.4, 0.5) is 0 Å². The number of thiophene rings is 1. The molecule has 4 nitrogen and oxygen atoms in total. The molecule has 0 bridgehead atoms. The zero-order chi connectivity index (χ0) is 13.0. The van der Waals surface area contributed by atoms with Gasteiger partial charge in [-0.05, 0) is 31.2 Å². The largest absolute Gasteiger partial charge is 0.381 e. The van der Waals surface area contributed by atoms with Crippen molar-refractivity contribution in [2.24, 2.45) is 5.73 Å². The van der Waals surface area contributed by atoms with Gasteiger partial charge in [0, 0.05) is 30.6 Å². The van der Waals surface area contributed by atoms with Crippen molar-refractivity contribution < 1.29 is 9.53 Å². The topological polar surface area (TPSA) is 64.4 Å². The second-order valence-electron chi connectivity index (χ2n) is 4.93. The van der Waals surface area contributed by atoms with E-state index >= 15 is 0 Å². The molecule has 0 radical (unpaired) electrons. The van der Waals surface area contributed by atoms with Crippen molar-refractivity contribution in [1.29, 1.82) is 0 Å². The van der Waals surface area contributed by atoms with Crippen molar-refractivity contribution in [3.8, 4) is 0 Å². The number of ether oxygens (including phenoxy) is 1. The maximum atomic E-state index is 12.2. The third-order valence-corrected chi connectivity index (χ3v) is 4.20. The van der Waals surface area contributed by atoms with E-state index < -0.39 is 5.54 Å².